The molecule has 0 aromatic carbocycles. The lowest BCUT2D eigenvalue weighted by Crippen LogP contribution is -1.97. The minimum Gasteiger partial charge on any atom is -0.478 e. The van der Waals surface area contributed by atoms with Crippen molar-refractivity contribution in [3.63, 3.8) is 0 Å². The second-order valence-electron chi connectivity index (χ2n) is 2.78. The molecule has 1 N–H and O–H groups in total. The van der Waals surface area contributed by atoms with E-state index in [0.29, 0.717) is 11.5 Å². The van der Waals surface area contributed by atoms with Gasteiger partial charge in [0.25, 0.3) is 0 Å². The number of carboxylic acid groups (broad SMARTS) is 1. The summed E-state index contributed by atoms with van der Waals surface area (Å²) in [6.45, 7) is 0. The van der Waals surface area contributed by atoms with E-state index >= 15 is 0 Å². The van der Waals surface area contributed by atoms with Crippen LogP contribution >= 0.6 is 23.1 Å². The van der Waals surface area contributed by atoms with Gasteiger partial charge in [-0.3, -0.25) is 0 Å². The van der Waals surface area contributed by atoms with Crippen molar-refractivity contribution in [2.45, 2.75) is 9.96 Å². The zero-order chi connectivity index (χ0) is 10.7. The minimum atomic E-state index is -0.939. The molecule has 0 aliphatic rings. The lowest BCUT2D eigenvalue weighted by molar-refractivity contribution is 0.0695. The number of furan rings is 1. The van der Waals surface area contributed by atoms with E-state index < -0.39 is 5.97 Å². The number of hydrogen-bond acceptors (Lipinski definition) is 4. The number of thioether (sulfide) groups is 1. The molecule has 3 nitrogen and oxygen atoms in total. The SMILES string of the molecule is O=C(O)c1ccoc1CSc1cccs1. The largest absolute Gasteiger partial charge is 0.478 e. The molecule has 5 heteroatoms. The highest BCUT2D eigenvalue weighted by atomic mass is 32.2. The Labute approximate surface area is 94.7 Å². The number of rotatable bonds is 4. The fraction of sp³-hybridized carbons (Fsp3) is 0.100. The summed E-state index contributed by atoms with van der Waals surface area (Å²) >= 11 is 3.21. The summed E-state index contributed by atoms with van der Waals surface area (Å²) in [7, 11) is 0. The van der Waals surface area contributed by atoms with Gasteiger partial charge in [0.15, 0.2) is 0 Å². The van der Waals surface area contributed by atoms with E-state index in [9.17, 15) is 4.79 Å². The summed E-state index contributed by atoms with van der Waals surface area (Å²) in [5.74, 6) is 0.126. The summed E-state index contributed by atoms with van der Waals surface area (Å²) in [4.78, 5) is 10.8. The summed E-state index contributed by atoms with van der Waals surface area (Å²) in [6.07, 6.45) is 1.41. The Hall–Kier alpha value is -1.20. The van der Waals surface area contributed by atoms with Crippen LogP contribution in [0.2, 0.25) is 0 Å². The lowest BCUT2D eigenvalue weighted by Gasteiger charge is -1.96. The van der Waals surface area contributed by atoms with Crippen molar-refractivity contribution >= 4 is 29.1 Å². The molecule has 0 spiro atoms. The number of hydrogen-bond donors (Lipinski definition) is 1. The first-order valence-corrected chi connectivity index (χ1v) is 6.10. The van der Waals surface area contributed by atoms with E-state index in [1.807, 2.05) is 17.5 Å². The van der Waals surface area contributed by atoms with Gasteiger partial charge < -0.3 is 9.52 Å². The van der Waals surface area contributed by atoms with Gasteiger partial charge in [0.1, 0.15) is 11.3 Å². The van der Waals surface area contributed by atoms with Crippen molar-refractivity contribution in [3.8, 4) is 0 Å². The van der Waals surface area contributed by atoms with Gasteiger partial charge in [0.05, 0.1) is 16.2 Å². The molecule has 0 fully saturated rings. The van der Waals surface area contributed by atoms with Gasteiger partial charge in [0, 0.05) is 0 Å². The normalized spacial score (nSPS) is 10.4. The van der Waals surface area contributed by atoms with Crippen molar-refractivity contribution in [2.24, 2.45) is 0 Å². The molecule has 0 unspecified atom stereocenters. The molecule has 2 aromatic heterocycles. The molecule has 15 heavy (non-hydrogen) atoms. The third-order valence-electron chi connectivity index (χ3n) is 1.82. The van der Waals surface area contributed by atoms with E-state index in [4.69, 9.17) is 9.52 Å². The zero-order valence-electron chi connectivity index (χ0n) is 7.67. The summed E-state index contributed by atoms with van der Waals surface area (Å²) in [6, 6.07) is 5.44. The topological polar surface area (TPSA) is 50.4 Å². The second kappa shape index (κ2) is 4.55. The van der Waals surface area contributed by atoms with Gasteiger partial charge in [-0.15, -0.1) is 23.1 Å². The highest BCUT2D eigenvalue weighted by Crippen LogP contribution is 2.28. The van der Waals surface area contributed by atoms with Crippen LogP contribution < -0.4 is 0 Å². The van der Waals surface area contributed by atoms with Crippen LogP contribution in [0.3, 0.4) is 0 Å². The number of carboxylic acids is 1. The smallest absolute Gasteiger partial charge is 0.339 e. The average molecular weight is 240 g/mol. The van der Waals surface area contributed by atoms with Crippen molar-refractivity contribution in [3.05, 3.63) is 41.2 Å². The lowest BCUT2D eigenvalue weighted by atomic mass is 10.3. The Kier molecular flexibility index (Phi) is 3.13. The Morgan fingerprint density at radius 1 is 1.53 bits per heavy atom. The maximum atomic E-state index is 10.8. The zero-order valence-corrected chi connectivity index (χ0v) is 9.31. The third-order valence-corrected chi connectivity index (χ3v) is 3.95. The molecule has 2 aromatic rings. The predicted molar refractivity (Wildman–Crippen MR) is 59.5 cm³/mol. The average Bonchev–Trinajstić information content (AvgIpc) is 2.86. The van der Waals surface area contributed by atoms with E-state index in [0.717, 1.165) is 4.21 Å². The summed E-state index contributed by atoms with van der Waals surface area (Å²) in [5, 5.41) is 10.8. The summed E-state index contributed by atoms with van der Waals surface area (Å²) in [5.41, 5.74) is 0.249. The van der Waals surface area contributed by atoms with Gasteiger partial charge in [-0.25, -0.2) is 4.79 Å². The highest BCUT2D eigenvalue weighted by Gasteiger charge is 2.13. The van der Waals surface area contributed by atoms with Crippen LogP contribution in [-0.4, -0.2) is 11.1 Å². The van der Waals surface area contributed by atoms with Crippen LogP contribution in [-0.2, 0) is 5.75 Å². The number of carbonyl (C=O) groups is 1. The number of thiophene rings is 1. The summed E-state index contributed by atoms with van der Waals surface area (Å²) < 4.78 is 6.28. The molecule has 0 aliphatic heterocycles. The molecule has 0 saturated carbocycles. The van der Waals surface area contributed by atoms with Gasteiger partial charge in [-0.1, -0.05) is 6.07 Å². The van der Waals surface area contributed by atoms with Crippen molar-refractivity contribution in [2.75, 3.05) is 0 Å². The maximum Gasteiger partial charge on any atom is 0.339 e. The fourth-order valence-corrected chi connectivity index (χ4v) is 2.86. The molecule has 0 aliphatic carbocycles. The minimum absolute atomic E-state index is 0.249. The van der Waals surface area contributed by atoms with Gasteiger partial charge in [-0.05, 0) is 17.5 Å². The molecule has 0 bridgehead atoms. The van der Waals surface area contributed by atoms with Crippen molar-refractivity contribution in [1.82, 2.24) is 0 Å². The quantitative estimate of drug-likeness (QED) is 0.833. The molecule has 0 atom stereocenters. The molecular formula is C10H8O3S2. The van der Waals surface area contributed by atoms with Crippen molar-refractivity contribution in [1.29, 1.82) is 0 Å². The van der Waals surface area contributed by atoms with Crippen LogP contribution in [0.5, 0.6) is 0 Å². The van der Waals surface area contributed by atoms with Crippen LogP contribution in [0.15, 0.2) is 38.5 Å². The Morgan fingerprint density at radius 2 is 2.40 bits per heavy atom. The third kappa shape index (κ3) is 2.43. The molecule has 0 saturated heterocycles. The molecule has 2 rings (SSSR count). The maximum absolute atomic E-state index is 10.8. The van der Waals surface area contributed by atoms with Crippen LogP contribution in [0.25, 0.3) is 0 Å². The standard InChI is InChI=1S/C10H8O3S2/c11-10(12)7-3-4-13-8(7)6-15-9-2-1-5-14-9/h1-5H,6H2,(H,11,12). The Bertz CT molecular complexity index is 445. The van der Waals surface area contributed by atoms with Crippen molar-refractivity contribution < 1.29 is 14.3 Å². The van der Waals surface area contributed by atoms with Gasteiger partial charge >= 0.3 is 5.97 Å². The van der Waals surface area contributed by atoms with E-state index in [1.165, 1.54) is 12.3 Å². The number of aromatic carboxylic acids is 1. The van der Waals surface area contributed by atoms with Gasteiger partial charge in [-0.2, -0.15) is 0 Å². The van der Waals surface area contributed by atoms with Crippen LogP contribution in [0, 0.1) is 0 Å². The van der Waals surface area contributed by atoms with Crippen LogP contribution in [0.1, 0.15) is 16.1 Å². The monoisotopic (exact) mass is 240 g/mol. The van der Waals surface area contributed by atoms with E-state index in [-0.39, 0.29) is 5.56 Å². The van der Waals surface area contributed by atoms with E-state index in [2.05, 4.69) is 0 Å². The highest BCUT2D eigenvalue weighted by molar-refractivity contribution is 8.00. The first-order valence-electron chi connectivity index (χ1n) is 4.23. The second-order valence-corrected chi connectivity index (χ2v) is 5.01. The predicted octanol–water partition coefficient (Wildman–Crippen LogP) is 3.33. The Morgan fingerprint density at radius 3 is 3.07 bits per heavy atom. The molecule has 0 amide bonds. The molecule has 78 valence electrons. The molecule has 2 heterocycles. The fourth-order valence-electron chi connectivity index (χ4n) is 1.13. The van der Waals surface area contributed by atoms with E-state index in [1.54, 1.807) is 23.1 Å². The Balaban J connectivity index is 2.05. The molecule has 0 radical (unpaired) electrons. The molecular weight excluding hydrogens is 232 g/mol. The van der Waals surface area contributed by atoms with Gasteiger partial charge in [0.2, 0.25) is 0 Å². The first kappa shape index (κ1) is 10.3. The first-order chi connectivity index (χ1) is 7.27. The van der Waals surface area contributed by atoms with Crippen LogP contribution in [0.4, 0.5) is 0 Å².